The second-order valence-electron chi connectivity index (χ2n) is 4.25. The lowest BCUT2D eigenvalue weighted by Gasteiger charge is -2.41. The van der Waals surface area contributed by atoms with E-state index in [1.807, 2.05) is 0 Å². The molecule has 0 heterocycles. The predicted molar refractivity (Wildman–Crippen MR) is 64.3 cm³/mol. The average Bonchev–Trinajstić information content (AvgIpc) is 2.04. The highest BCUT2D eigenvalue weighted by molar-refractivity contribution is 6.16. The molecule has 0 aliphatic rings. The molecule has 3 heteroatoms. The van der Waals surface area contributed by atoms with Crippen molar-refractivity contribution < 1.29 is 0 Å². The summed E-state index contributed by atoms with van der Waals surface area (Å²) in [6.07, 6.45) is 0. The first-order valence-electron chi connectivity index (χ1n) is 5.47. The zero-order valence-corrected chi connectivity index (χ0v) is 12.1. The molecule has 0 aliphatic carbocycles. The van der Waals surface area contributed by atoms with Gasteiger partial charge in [0.25, 0.3) is 0 Å². The second kappa shape index (κ2) is 5.78. The van der Waals surface area contributed by atoms with Crippen LogP contribution in [0, 0.1) is 5.92 Å². The third-order valence-corrected chi connectivity index (χ3v) is 5.54. The molecular weight excluding hydrogens is 176 g/mol. The number of rotatable bonds is 6. The maximum atomic E-state index is 3.64. The van der Waals surface area contributed by atoms with Crippen LogP contribution in [0.25, 0.3) is 0 Å². The summed E-state index contributed by atoms with van der Waals surface area (Å²) in [5, 5.41) is 7.50. The van der Waals surface area contributed by atoms with Crippen molar-refractivity contribution in [1.29, 1.82) is 0 Å². The minimum absolute atomic E-state index is 0.338. The molecule has 0 saturated carbocycles. The molecular formula is C10H26N2Si. The molecule has 0 aromatic heterocycles. The lowest BCUT2D eigenvalue weighted by molar-refractivity contribution is 0.275. The summed E-state index contributed by atoms with van der Waals surface area (Å²) >= 11 is 0. The Bertz CT molecular complexity index is 139. The van der Waals surface area contributed by atoms with Gasteiger partial charge in [0, 0.05) is 21.4 Å². The molecule has 0 fully saturated rings. The van der Waals surface area contributed by atoms with E-state index in [1.165, 1.54) is 10.2 Å². The highest BCUT2D eigenvalue weighted by Crippen LogP contribution is 2.17. The molecule has 2 unspecified atom stereocenters. The van der Waals surface area contributed by atoms with Crippen molar-refractivity contribution in [2.45, 2.75) is 45.8 Å². The van der Waals surface area contributed by atoms with Gasteiger partial charge < -0.3 is 10.6 Å². The molecule has 0 bridgehead atoms. The van der Waals surface area contributed by atoms with Gasteiger partial charge in [-0.1, -0.05) is 27.7 Å². The van der Waals surface area contributed by atoms with Crippen LogP contribution in [0.3, 0.4) is 0 Å². The fourth-order valence-electron chi connectivity index (χ4n) is 1.76. The molecule has 80 valence electrons. The van der Waals surface area contributed by atoms with E-state index in [9.17, 15) is 0 Å². The van der Waals surface area contributed by atoms with Crippen molar-refractivity contribution in [1.82, 2.24) is 10.6 Å². The quantitative estimate of drug-likeness (QED) is 0.606. The number of nitrogens with one attached hydrogen (secondary N) is 2. The van der Waals surface area contributed by atoms with Gasteiger partial charge in [0.15, 0.2) is 0 Å². The highest BCUT2D eigenvalue weighted by Gasteiger charge is 2.32. The van der Waals surface area contributed by atoms with E-state index in [0.717, 1.165) is 13.1 Å². The topological polar surface area (TPSA) is 24.1 Å². The van der Waals surface area contributed by atoms with E-state index >= 15 is 0 Å². The number of hydrogen-bond acceptors (Lipinski definition) is 2. The Hall–Kier alpha value is 0.137. The average molecular weight is 202 g/mol. The molecule has 0 aromatic carbocycles. The molecule has 0 spiro atoms. The van der Waals surface area contributed by atoms with Crippen LogP contribution in [0.4, 0.5) is 0 Å². The van der Waals surface area contributed by atoms with Crippen molar-refractivity contribution in [2.24, 2.45) is 5.92 Å². The molecule has 0 amide bonds. The van der Waals surface area contributed by atoms with Gasteiger partial charge in [-0.05, 0) is 25.9 Å². The van der Waals surface area contributed by atoms with Gasteiger partial charge in [0.05, 0.1) is 0 Å². The van der Waals surface area contributed by atoms with Crippen LogP contribution in [-0.2, 0) is 0 Å². The van der Waals surface area contributed by atoms with Gasteiger partial charge in [0.2, 0.25) is 0 Å². The monoisotopic (exact) mass is 202 g/mol. The first kappa shape index (κ1) is 13.1. The maximum absolute atomic E-state index is 3.64. The molecule has 0 aliphatic heterocycles. The van der Waals surface area contributed by atoms with Gasteiger partial charge >= 0.3 is 0 Å². The SMILES string of the molecule is CCNC(C)C([SiH3])(NCC)C(C)C. The Kier molecular flexibility index (Phi) is 5.84. The first-order valence-corrected chi connectivity index (χ1v) is 6.47. The van der Waals surface area contributed by atoms with E-state index in [1.54, 1.807) is 0 Å². The largest absolute Gasteiger partial charge is 0.313 e. The zero-order chi connectivity index (χ0) is 10.5. The Morgan fingerprint density at radius 1 is 1.15 bits per heavy atom. The smallest absolute Gasteiger partial charge is 0.0304 e. The van der Waals surface area contributed by atoms with Crippen LogP contribution in [0.1, 0.15) is 34.6 Å². The summed E-state index contributed by atoms with van der Waals surface area (Å²) < 4.78 is 0. The van der Waals surface area contributed by atoms with Gasteiger partial charge in [0.1, 0.15) is 0 Å². The standard InChI is InChI=1S/C10H26N2Si/c1-6-11-9(5)10(13,8(3)4)12-7-2/h8-9,11-12H,6-7H2,1-5,13H3. The molecule has 2 nitrogen and oxygen atoms in total. The van der Waals surface area contributed by atoms with Crippen LogP contribution in [0.5, 0.6) is 0 Å². The van der Waals surface area contributed by atoms with Crippen LogP contribution in [0.2, 0.25) is 0 Å². The zero-order valence-electron chi connectivity index (χ0n) is 10.1. The van der Waals surface area contributed by atoms with Crippen LogP contribution >= 0.6 is 0 Å². The van der Waals surface area contributed by atoms with E-state index in [0.29, 0.717) is 17.1 Å². The maximum Gasteiger partial charge on any atom is 0.0304 e. The first-order chi connectivity index (χ1) is 5.99. The lowest BCUT2D eigenvalue weighted by atomic mass is 9.96. The number of hydrogen-bond donors (Lipinski definition) is 2. The normalized spacial score (nSPS) is 18.9. The van der Waals surface area contributed by atoms with E-state index < -0.39 is 0 Å². The highest BCUT2D eigenvalue weighted by atomic mass is 28.1. The molecule has 13 heavy (non-hydrogen) atoms. The fraction of sp³-hybridized carbons (Fsp3) is 1.00. The lowest BCUT2D eigenvalue weighted by Crippen LogP contribution is -2.62. The number of likely N-dealkylation sites (N-methyl/N-ethyl adjacent to an activating group) is 2. The van der Waals surface area contributed by atoms with E-state index in [4.69, 9.17) is 0 Å². The van der Waals surface area contributed by atoms with Crippen molar-refractivity contribution >= 4 is 10.2 Å². The Labute approximate surface area is 86.3 Å². The minimum Gasteiger partial charge on any atom is -0.313 e. The van der Waals surface area contributed by atoms with Crippen molar-refractivity contribution in [2.75, 3.05) is 13.1 Å². The summed E-state index contributed by atoms with van der Waals surface area (Å²) in [4.78, 5) is 0. The van der Waals surface area contributed by atoms with Gasteiger partial charge in [-0.3, -0.25) is 0 Å². The third kappa shape index (κ3) is 3.41. The van der Waals surface area contributed by atoms with Crippen LogP contribution in [-0.4, -0.2) is 34.5 Å². The molecule has 2 N–H and O–H groups in total. The fourth-order valence-corrected chi connectivity index (χ4v) is 2.31. The van der Waals surface area contributed by atoms with Gasteiger partial charge in [-0.25, -0.2) is 0 Å². The molecule has 0 saturated heterocycles. The van der Waals surface area contributed by atoms with Crippen molar-refractivity contribution in [3.8, 4) is 0 Å². The Balaban J connectivity index is 4.37. The summed E-state index contributed by atoms with van der Waals surface area (Å²) in [6.45, 7) is 13.4. The summed E-state index contributed by atoms with van der Waals surface area (Å²) in [5.74, 6) is 0.702. The summed E-state index contributed by atoms with van der Waals surface area (Å²) in [6, 6.07) is 0.573. The van der Waals surface area contributed by atoms with Gasteiger partial charge in [-0.15, -0.1) is 0 Å². The molecule has 0 rings (SSSR count). The summed E-state index contributed by atoms with van der Waals surface area (Å²) in [7, 11) is 1.19. The van der Waals surface area contributed by atoms with Gasteiger partial charge in [-0.2, -0.15) is 0 Å². The van der Waals surface area contributed by atoms with Crippen molar-refractivity contribution in [3.63, 3.8) is 0 Å². The van der Waals surface area contributed by atoms with Crippen LogP contribution < -0.4 is 10.6 Å². The Morgan fingerprint density at radius 2 is 1.69 bits per heavy atom. The van der Waals surface area contributed by atoms with Crippen molar-refractivity contribution in [3.05, 3.63) is 0 Å². The molecule has 0 aromatic rings. The van der Waals surface area contributed by atoms with E-state index in [-0.39, 0.29) is 0 Å². The van der Waals surface area contributed by atoms with Crippen LogP contribution in [0.15, 0.2) is 0 Å². The predicted octanol–water partition coefficient (Wildman–Crippen LogP) is 0.312. The molecule has 2 atom stereocenters. The van der Waals surface area contributed by atoms with E-state index in [2.05, 4.69) is 45.3 Å². The third-order valence-electron chi connectivity index (χ3n) is 3.17. The molecule has 0 radical (unpaired) electrons. The minimum atomic E-state index is 0.338. The Morgan fingerprint density at radius 3 is 2.00 bits per heavy atom. The second-order valence-corrected chi connectivity index (χ2v) is 5.90. The summed E-state index contributed by atoms with van der Waals surface area (Å²) in [5.41, 5.74) is 0.